The van der Waals surface area contributed by atoms with Gasteiger partial charge < -0.3 is 10.6 Å². The topological polar surface area (TPSA) is 70.6 Å². The molecule has 0 spiro atoms. The predicted molar refractivity (Wildman–Crippen MR) is 82.4 cm³/mol. The summed E-state index contributed by atoms with van der Waals surface area (Å²) >= 11 is 0. The average Bonchev–Trinajstić information content (AvgIpc) is 2.22. The number of guanidine groups is 1. The minimum Gasteiger partial charge on any atom is -0.356 e. The maximum Gasteiger partial charge on any atom is 0.191 e. The molecule has 1 atom stereocenters. The van der Waals surface area contributed by atoms with Gasteiger partial charge in [0, 0.05) is 25.9 Å². The highest BCUT2D eigenvalue weighted by Crippen LogP contribution is 2.16. The van der Waals surface area contributed by atoms with Crippen molar-refractivity contribution in [3.05, 3.63) is 0 Å². The summed E-state index contributed by atoms with van der Waals surface area (Å²) in [5, 5.41) is 6.44. The van der Waals surface area contributed by atoms with E-state index < -0.39 is 9.84 Å². The second-order valence-corrected chi connectivity index (χ2v) is 8.53. The number of nitrogens with one attached hydrogen (secondary N) is 2. The zero-order valence-corrected chi connectivity index (χ0v) is 13.9. The highest BCUT2D eigenvalue weighted by atomic mass is 32.2. The molecule has 0 fully saturated rings. The van der Waals surface area contributed by atoms with Gasteiger partial charge in [-0.05, 0) is 25.2 Å². The Kier molecular flexibility index (Phi) is 7.41. The van der Waals surface area contributed by atoms with Crippen LogP contribution in [0.4, 0.5) is 0 Å². The summed E-state index contributed by atoms with van der Waals surface area (Å²) in [6.07, 6.45) is 2.89. The highest BCUT2D eigenvalue weighted by Gasteiger charge is 2.11. The minimum absolute atomic E-state index is 0.0792. The Balaban J connectivity index is 4.06. The van der Waals surface area contributed by atoms with E-state index in [1.54, 1.807) is 7.05 Å². The van der Waals surface area contributed by atoms with E-state index in [-0.39, 0.29) is 17.2 Å². The summed E-state index contributed by atoms with van der Waals surface area (Å²) in [7, 11) is -1.18. The Hall–Kier alpha value is -0.780. The van der Waals surface area contributed by atoms with Crippen molar-refractivity contribution in [3.8, 4) is 0 Å². The van der Waals surface area contributed by atoms with Gasteiger partial charge in [0.2, 0.25) is 0 Å². The van der Waals surface area contributed by atoms with Crippen LogP contribution in [-0.4, -0.2) is 46.0 Å². The fraction of sp³-hybridized carbons (Fsp3) is 0.923. The van der Waals surface area contributed by atoms with Gasteiger partial charge in [0.25, 0.3) is 0 Å². The Morgan fingerprint density at radius 2 is 1.89 bits per heavy atom. The Morgan fingerprint density at radius 3 is 2.32 bits per heavy atom. The van der Waals surface area contributed by atoms with E-state index in [1.165, 1.54) is 6.26 Å². The number of nitrogens with zero attached hydrogens (tertiary/aromatic N) is 1. The first-order valence-corrected chi connectivity index (χ1v) is 8.74. The van der Waals surface area contributed by atoms with Crippen molar-refractivity contribution in [2.45, 2.75) is 46.6 Å². The molecule has 0 amide bonds. The zero-order valence-electron chi connectivity index (χ0n) is 13.1. The molecule has 0 aromatic heterocycles. The van der Waals surface area contributed by atoms with Gasteiger partial charge in [0.15, 0.2) is 5.96 Å². The lowest BCUT2D eigenvalue weighted by molar-refractivity contribution is 0.377. The van der Waals surface area contributed by atoms with Gasteiger partial charge >= 0.3 is 0 Å². The van der Waals surface area contributed by atoms with Crippen molar-refractivity contribution in [2.24, 2.45) is 10.4 Å². The lowest BCUT2D eigenvalue weighted by Gasteiger charge is -2.21. The van der Waals surface area contributed by atoms with Crippen molar-refractivity contribution in [3.63, 3.8) is 0 Å². The van der Waals surface area contributed by atoms with Crippen molar-refractivity contribution >= 4 is 15.8 Å². The lowest BCUT2D eigenvalue weighted by Crippen LogP contribution is -2.43. The first-order valence-electron chi connectivity index (χ1n) is 6.68. The zero-order chi connectivity index (χ0) is 15.1. The van der Waals surface area contributed by atoms with Gasteiger partial charge in [-0.3, -0.25) is 4.99 Å². The second kappa shape index (κ2) is 7.72. The Morgan fingerprint density at radius 1 is 1.32 bits per heavy atom. The van der Waals surface area contributed by atoms with E-state index in [1.807, 2.05) is 6.92 Å². The average molecular weight is 291 g/mol. The SMILES string of the molecule is CN=C(NCCC(C)(C)C)NC(C)CCS(C)(=O)=O. The molecule has 0 heterocycles. The minimum atomic E-state index is -2.90. The normalized spacial score (nSPS) is 15.2. The number of hydrogen-bond acceptors (Lipinski definition) is 3. The number of aliphatic imine (C=N–C) groups is 1. The van der Waals surface area contributed by atoms with Gasteiger partial charge in [0.1, 0.15) is 9.84 Å². The Bertz CT molecular complexity index is 383. The molecule has 0 radical (unpaired) electrons. The van der Waals surface area contributed by atoms with Crippen LogP contribution in [0.15, 0.2) is 4.99 Å². The molecule has 2 N–H and O–H groups in total. The molecule has 0 rings (SSSR count). The molecule has 0 aliphatic heterocycles. The van der Waals surface area contributed by atoms with Gasteiger partial charge in [-0.25, -0.2) is 8.42 Å². The van der Waals surface area contributed by atoms with Crippen molar-refractivity contribution < 1.29 is 8.42 Å². The largest absolute Gasteiger partial charge is 0.356 e. The summed E-state index contributed by atoms with van der Waals surface area (Å²) in [4.78, 5) is 4.14. The van der Waals surface area contributed by atoms with Crippen molar-refractivity contribution in [1.29, 1.82) is 0 Å². The van der Waals surface area contributed by atoms with Gasteiger partial charge in [-0.1, -0.05) is 20.8 Å². The summed E-state index contributed by atoms with van der Waals surface area (Å²) in [5.74, 6) is 0.922. The molecule has 0 aliphatic carbocycles. The first kappa shape index (κ1) is 18.2. The van der Waals surface area contributed by atoms with Gasteiger partial charge in [0.05, 0.1) is 5.75 Å². The van der Waals surface area contributed by atoms with E-state index in [0.717, 1.165) is 18.9 Å². The summed E-state index contributed by atoms with van der Waals surface area (Å²) < 4.78 is 22.2. The molecular formula is C13H29N3O2S. The predicted octanol–water partition coefficient (Wildman–Crippen LogP) is 1.41. The van der Waals surface area contributed by atoms with E-state index in [9.17, 15) is 8.42 Å². The molecule has 19 heavy (non-hydrogen) atoms. The monoisotopic (exact) mass is 291 g/mol. The smallest absolute Gasteiger partial charge is 0.191 e. The molecule has 0 aromatic carbocycles. The van der Waals surface area contributed by atoms with Crippen LogP contribution in [0.25, 0.3) is 0 Å². The second-order valence-electron chi connectivity index (χ2n) is 6.27. The van der Waals surface area contributed by atoms with Gasteiger partial charge in [-0.15, -0.1) is 0 Å². The molecule has 5 nitrogen and oxygen atoms in total. The van der Waals surface area contributed by atoms with Crippen LogP contribution in [0, 0.1) is 5.41 Å². The molecule has 6 heteroatoms. The quantitative estimate of drug-likeness (QED) is 0.573. The molecule has 0 aliphatic rings. The van der Waals surface area contributed by atoms with Crippen LogP contribution in [0.5, 0.6) is 0 Å². The van der Waals surface area contributed by atoms with Crippen molar-refractivity contribution in [1.82, 2.24) is 10.6 Å². The fourth-order valence-corrected chi connectivity index (χ4v) is 2.23. The molecular weight excluding hydrogens is 262 g/mol. The molecule has 0 aromatic rings. The van der Waals surface area contributed by atoms with E-state index in [0.29, 0.717) is 6.42 Å². The van der Waals surface area contributed by atoms with Crippen LogP contribution in [-0.2, 0) is 9.84 Å². The maximum absolute atomic E-state index is 11.1. The summed E-state index contributed by atoms with van der Waals surface area (Å²) in [6, 6.07) is 0.0792. The first-order chi connectivity index (χ1) is 8.53. The third-order valence-corrected chi connectivity index (χ3v) is 3.67. The molecule has 0 bridgehead atoms. The van der Waals surface area contributed by atoms with Crippen LogP contribution < -0.4 is 10.6 Å². The van der Waals surface area contributed by atoms with E-state index in [4.69, 9.17) is 0 Å². The fourth-order valence-electron chi connectivity index (χ4n) is 1.45. The summed E-state index contributed by atoms with van der Waals surface area (Å²) in [5.41, 5.74) is 0.285. The van der Waals surface area contributed by atoms with Crippen LogP contribution in [0.3, 0.4) is 0 Å². The highest BCUT2D eigenvalue weighted by molar-refractivity contribution is 7.90. The number of sulfone groups is 1. The van der Waals surface area contributed by atoms with E-state index >= 15 is 0 Å². The molecule has 0 saturated carbocycles. The lowest BCUT2D eigenvalue weighted by atomic mass is 9.92. The third-order valence-electron chi connectivity index (χ3n) is 2.70. The van der Waals surface area contributed by atoms with Gasteiger partial charge in [-0.2, -0.15) is 0 Å². The maximum atomic E-state index is 11.1. The summed E-state index contributed by atoms with van der Waals surface area (Å²) in [6.45, 7) is 9.39. The van der Waals surface area contributed by atoms with Crippen LogP contribution >= 0.6 is 0 Å². The standard InChI is InChI=1S/C13H29N3O2S/c1-11(7-10-19(6,17)18)16-12(14-5)15-9-8-13(2,3)4/h11H,7-10H2,1-6H3,(H2,14,15,16). The molecule has 1 unspecified atom stereocenters. The van der Waals surface area contributed by atoms with Crippen LogP contribution in [0.1, 0.15) is 40.5 Å². The molecule has 0 saturated heterocycles. The van der Waals surface area contributed by atoms with E-state index in [2.05, 4.69) is 36.4 Å². The number of hydrogen-bond donors (Lipinski definition) is 2. The van der Waals surface area contributed by atoms with Crippen molar-refractivity contribution in [2.75, 3.05) is 25.6 Å². The third kappa shape index (κ3) is 12.0. The Labute approximate surface area is 118 Å². The molecule has 114 valence electrons. The van der Waals surface area contributed by atoms with Crippen LogP contribution in [0.2, 0.25) is 0 Å². The number of rotatable bonds is 6.